The van der Waals surface area contributed by atoms with Crippen molar-refractivity contribution < 1.29 is 28.2 Å². The molecule has 2 aromatic rings. The maximum absolute atomic E-state index is 12.6. The molecule has 6 rings (SSSR count). The van der Waals surface area contributed by atoms with Crippen molar-refractivity contribution >= 4 is 5.91 Å². The van der Waals surface area contributed by atoms with Crippen LogP contribution in [0.4, 0.5) is 13.2 Å². The second kappa shape index (κ2) is 5.09. The average molecular weight is 376 g/mol. The fourth-order valence-corrected chi connectivity index (χ4v) is 4.53. The van der Waals surface area contributed by atoms with Crippen LogP contribution in [0.5, 0.6) is 11.8 Å². The number of halogens is 3. The van der Waals surface area contributed by atoms with Crippen molar-refractivity contribution in [1.82, 2.24) is 4.68 Å². The van der Waals surface area contributed by atoms with E-state index in [1.165, 1.54) is 0 Å². The Balaban J connectivity index is 1.45. The molecule has 0 spiro atoms. The molecule has 1 aromatic carbocycles. The molecule has 8 heteroatoms. The minimum atomic E-state index is -4.49. The molecule has 4 aliphatic rings. The number of hydrogen-bond donors (Lipinski definition) is 3. The van der Waals surface area contributed by atoms with Crippen LogP contribution in [0, 0.1) is 11.8 Å². The van der Waals surface area contributed by atoms with Crippen LogP contribution in [0.2, 0.25) is 0 Å². The molecular formula is C19H15F3N2O3. The van der Waals surface area contributed by atoms with Gasteiger partial charge >= 0.3 is 6.18 Å². The average Bonchev–Trinajstić information content (AvgIpc) is 3.42. The first-order valence-electron chi connectivity index (χ1n) is 8.60. The van der Waals surface area contributed by atoms with Crippen LogP contribution in [0.15, 0.2) is 36.4 Å². The van der Waals surface area contributed by atoms with Crippen molar-refractivity contribution in [2.75, 3.05) is 5.43 Å². The SMILES string of the molecule is O=C(Nn1c(O)c2c(c1O)C1C=CC2[C@H]2C[C@@H]12)c1ccc(C(F)(F)F)cc1. The predicted octanol–water partition coefficient (Wildman–Crippen LogP) is 3.69. The Morgan fingerprint density at radius 3 is 2.00 bits per heavy atom. The van der Waals surface area contributed by atoms with Gasteiger partial charge in [-0.05, 0) is 42.5 Å². The van der Waals surface area contributed by atoms with Gasteiger partial charge in [-0.15, -0.1) is 0 Å². The molecule has 1 fully saturated rings. The standard InChI is InChI=1S/C19H15F3N2O3/c20-19(21,22)9-3-1-8(2-4-9)16(25)23-24-17(26)14-10-5-6-11(13-7-12(10)13)15(14)18(24)27/h1-6,10-13,26-27H,7H2,(H,23,25)/t10?,11?,12-,13+. The van der Waals surface area contributed by atoms with E-state index in [0.29, 0.717) is 23.0 Å². The van der Waals surface area contributed by atoms with Crippen LogP contribution < -0.4 is 5.43 Å². The molecule has 1 amide bonds. The van der Waals surface area contributed by atoms with Gasteiger partial charge in [-0.25, -0.2) is 0 Å². The molecule has 27 heavy (non-hydrogen) atoms. The minimum Gasteiger partial charge on any atom is -0.493 e. The van der Waals surface area contributed by atoms with Crippen molar-refractivity contribution in [2.24, 2.45) is 11.8 Å². The zero-order valence-corrected chi connectivity index (χ0v) is 13.9. The smallest absolute Gasteiger partial charge is 0.416 e. The molecule has 1 heterocycles. The quantitative estimate of drug-likeness (QED) is 0.700. The van der Waals surface area contributed by atoms with Crippen molar-refractivity contribution in [3.05, 3.63) is 58.7 Å². The Kier molecular flexibility index (Phi) is 3.07. The predicted molar refractivity (Wildman–Crippen MR) is 89.1 cm³/mol. The van der Waals surface area contributed by atoms with Crippen molar-refractivity contribution in [1.29, 1.82) is 0 Å². The molecule has 1 aromatic heterocycles. The van der Waals surface area contributed by atoms with Gasteiger partial charge in [0.15, 0.2) is 0 Å². The maximum Gasteiger partial charge on any atom is 0.416 e. The summed E-state index contributed by atoms with van der Waals surface area (Å²) in [4.78, 5) is 12.4. The molecule has 1 saturated carbocycles. The number of nitrogens with one attached hydrogen (secondary N) is 1. The van der Waals surface area contributed by atoms with Gasteiger partial charge < -0.3 is 10.2 Å². The van der Waals surface area contributed by atoms with E-state index in [1.807, 2.05) is 12.2 Å². The molecule has 0 saturated heterocycles. The number of alkyl halides is 3. The van der Waals surface area contributed by atoms with E-state index in [-0.39, 0.29) is 29.2 Å². The van der Waals surface area contributed by atoms with Gasteiger partial charge in [-0.3, -0.25) is 10.2 Å². The maximum atomic E-state index is 12.6. The summed E-state index contributed by atoms with van der Waals surface area (Å²) in [5, 5.41) is 21.1. The van der Waals surface area contributed by atoms with Crippen LogP contribution in [0.25, 0.3) is 0 Å². The minimum absolute atomic E-state index is 0.0163. The van der Waals surface area contributed by atoms with Crippen LogP contribution in [0.1, 0.15) is 45.3 Å². The first-order valence-corrected chi connectivity index (χ1v) is 8.60. The lowest BCUT2D eigenvalue weighted by molar-refractivity contribution is -0.137. The Hall–Kier alpha value is -2.90. The number of carbonyl (C=O) groups is 1. The molecule has 140 valence electrons. The molecule has 0 radical (unpaired) electrons. The highest BCUT2D eigenvalue weighted by Crippen LogP contribution is 2.67. The highest BCUT2D eigenvalue weighted by atomic mass is 19.4. The van der Waals surface area contributed by atoms with Gasteiger partial charge in [-0.2, -0.15) is 17.8 Å². The summed E-state index contributed by atoms with van der Waals surface area (Å²) in [6.07, 6.45) is 0.622. The lowest BCUT2D eigenvalue weighted by Gasteiger charge is -2.29. The van der Waals surface area contributed by atoms with Crippen LogP contribution in [-0.4, -0.2) is 20.8 Å². The molecule has 2 bridgehead atoms. The Morgan fingerprint density at radius 2 is 1.52 bits per heavy atom. The lowest BCUT2D eigenvalue weighted by Crippen LogP contribution is -2.22. The van der Waals surface area contributed by atoms with Crippen LogP contribution in [-0.2, 0) is 6.18 Å². The summed E-state index contributed by atoms with van der Waals surface area (Å²) in [5.74, 6) is -0.235. The van der Waals surface area contributed by atoms with Gasteiger partial charge in [0, 0.05) is 28.5 Å². The molecule has 3 N–H and O–H groups in total. The number of amides is 1. The fourth-order valence-electron chi connectivity index (χ4n) is 4.53. The van der Waals surface area contributed by atoms with Gasteiger partial charge in [0.05, 0.1) is 5.56 Å². The summed E-state index contributed by atoms with van der Waals surface area (Å²) < 4.78 is 38.8. The third kappa shape index (κ3) is 2.22. The number of allylic oxidation sites excluding steroid dienone is 2. The van der Waals surface area contributed by atoms with Crippen molar-refractivity contribution in [2.45, 2.75) is 24.4 Å². The van der Waals surface area contributed by atoms with E-state index >= 15 is 0 Å². The summed E-state index contributed by atoms with van der Waals surface area (Å²) in [7, 11) is 0. The summed E-state index contributed by atoms with van der Waals surface area (Å²) in [6, 6.07) is 3.73. The normalized spacial score (nSPS) is 27.2. The number of aromatic nitrogens is 1. The molecule has 4 atom stereocenters. The van der Waals surface area contributed by atoms with Crippen molar-refractivity contribution in [3.63, 3.8) is 0 Å². The van der Waals surface area contributed by atoms with Gasteiger partial charge in [0.25, 0.3) is 5.91 Å². The lowest BCUT2D eigenvalue weighted by atomic mass is 9.73. The van der Waals surface area contributed by atoms with E-state index in [4.69, 9.17) is 0 Å². The molecule has 4 aliphatic carbocycles. The van der Waals surface area contributed by atoms with E-state index in [0.717, 1.165) is 35.4 Å². The number of carbonyl (C=O) groups excluding carboxylic acids is 1. The Bertz CT molecular complexity index is 950. The highest BCUT2D eigenvalue weighted by molar-refractivity contribution is 6.00. The van der Waals surface area contributed by atoms with Crippen LogP contribution in [0.3, 0.4) is 0 Å². The third-order valence-corrected chi connectivity index (χ3v) is 5.89. The molecule has 5 nitrogen and oxygen atoms in total. The Labute approximate surface area is 151 Å². The first-order chi connectivity index (χ1) is 12.8. The van der Waals surface area contributed by atoms with E-state index in [2.05, 4.69) is 5.43 Å². The zero-order valence-electron chi connectivity index (χ0n) is 13.9. The highest BCUT2D eigenvalue weighted by Gasteiger charge is 2.57. The number of hydrogen-bond acceptors (Lipinski definition) is 3. The summed E-state index contributed by atoms with van der Waals surface area (Å²) in [6.45, 7) is 0. The molecular weight excluding hydrogens is 361 g/mol. The third-order valence-electron chi connectivity index (χ3n) is 5.89. The fraction of sp³-hybridized carbons (Fsp3) is 0.316. The second-order valence-corrected chi connectivity index (χ2v) is 7.33. The molecule has 0 aliphatic heterocycles. The molecule has 2 unspecified atom stereocenters. The second-order valence-electron chi connectivity index (χ2n) is 7.33. The summed E-state index contributed by atoms with van der Waals surface area (Å²) in [5.41, 5.74) is 2.76. The number of aromatic hydroxyl groups is 2. The van der Waals surface area contributed by atoms with E-state index in [9.17, 15) is 28.2 Å². The largest absolute Gasteiger partial charge is 0.493 e. The van der Waals surface area contributed by atoms with Crippen LogP contribution >= 0.6 is 0 Å². The summed E-state index contributed by atoms with van der Waals surface area (Å²) >= 11 is 0. The zero-order chi connectivity index (χ0) is 19.1. The topological polar surface area (TPSA) is 74.5 Å². The van der Waals surface area contributed by atoms with E-state index in [1.54, 1.807) is 0 Å². The van der Waals surface area contributed by atoms with Gasteiger partial charge in [-0.1, -0.05) is 12.2 Å². The number of benzene rings is 1. The monoisotopic (exact) mass is 376 g/mol. The number of nitrogens with zero attached hydrogens (tertiary/aromatic N) is 1. The first kappa shape index (κ1) is 16.3. The van der Waals surface area contributed by atoms with Gasteiger partial charge in [0.2, 0.25) is 11.8 Å². The van der Waals surface area contributed by atoms with Crippen molar-refractivity contribution in [3.8, 4) is 11.8 Å². The number of rotatable bonds is 2. The van der Waals surface area contributed by atoms with E-state index < -0.39 is 17.6 Å². The van der Waals surface area contributed by atoms with Gasteiger partial charge in [0.1, 0.15) is 0 Å². The Morgan fingerprint density at radius 1 is 1.00 bits per heavy atom.